The Hall–Kier alpha value is -1.90. The maximum absolute atomic E-state index is 11.8. The maximum Gasteiger partial charge on any atom is 0.248 e. The van der Waals surface area contributed by atoms with Crippen LogP contribution in [-0.4, -0.2) is 11.7 Å². The molecule has 0 aliphatic rings. The summed E-state index contributed by atoms with van der Waals surface area (Å²) in [7, 11) is 0. The van der Waals surface area contributed by atoms with Gasteiger partial charge in [0.2, 0.25) is 5.91 Å². The topological polar surface area (TPSA) is 60.2 Å². The number of nitrogens with two attached hydrogens (primary N) is 1. The first kappa shape index (κ1) is 12.2. The smallest absolute Gasteiger partial charge is 0.248 e. The SMILES string of the molecule is C=C(CCC)C(=O)c1ccc(C(N)=O)cc1. The van der Waals surface area contributed by atoms with Gasteiger partial charge in [0, 0.05) is 11.1 Å². The summed E-state index contributed by atoms with van der Waals surface area (Å²) in [5, 5.41) is 0. The molecule has 2 N–H and O–H groups in total. The Labute approximate surface area is 95.0 Å². The maximum atomic E-state index is 11.8. The summed E-state index contributed by atoms with van der Waals surface area (Å²) in [6, 6.07) is 6.30. The minimum atomic E-state index is -0.494. The molecule has 0 fully saturated rings. The molecule has 16 heavy (non-hydrogen) atoms. The van der Waals surface area contributed by atoms with Crippen molar-refractivity contribution in [3.8, 4) is 0 Å². The minimum Gasteiger partial charge on any atom is -0.366 e. The summed E-state index contributed by atoms with van der Waals surface area (Å²) in [6.45, 7) is 5.73. The molecular weight excluding hydrogens is 202 g/mol. The zero-order valence-electron chi connectivity index (χ0n) is 9.32. The van der Waals surface area contributed by atoms with Crippen LogP contribution < -0.4 is 5.73 Å². The fourth-order valence-corrected chi connectivity index (χ4v) is 1.41. The average Bonchev–Trinajstić information content (AvgIpc) is 2.28. The molecule has 0 heterocycles. The quantitative estimate of drug-likeness (QED) is 0.607. The molecule has 0 saturated heterocycles. The van der Waals surface area contributed by atoms with Gasteiger partial charge in [0.25, 0.3) is 0 Å². The Morgan fingerprint density at radius 3 is 2.12 bits per heavy atom. The molecule has 1 amide bonds. The minimum absolute atomic E-state index is 0.0714. The van der Waals surface area contributed by atoms with E-state index < -0.39 is 5.91 Å². The first-order valence-electron chi connectivity index (χ1n) is 5.18. The monoisotopic (exact) mass is 217 g/mol. The number of allylic oxidation sites excluding steroid dienone is 1. The Morgan fingerprint density at radius 1 is 1.19 bits per heavy atom. The van der Waals surface area contributed by atoms with E-state index in [4.69, 9.17) is 5.73 Å². The molecule has 1 aromatic carbocycles. The van der Waals surface area contributed by atoms with Gasteiger partial charge in [0.05, 0.1) is 0 Å². The van der Waals surface area contributed by atoms with Crippen molar-refractivity contribution < 1.29 is 9.59 Å². The summed E-state index contributed by atoms with van der Waals surface area (Å²) in [4.78, 5) is 22.6. The first-order valence-corrected chi connectivity index (χ1v) is 5.18. The number of carbonyl (C=O) groups excluding carboxylic acids is 2. The third-order valence-electron chi connectivity index (χ3n) is 2.30. The number of carbonyl (C=O) groups is 2. The number of hydrogen-bond acceptors (Lipinski definition) is 2. The summed E-state index contributed by atoms with van der Waals surface area (Å²) >= 11 is 0. The molecular formula is C13H15NO2. The lowest BCUT2D eigenvalue weighted by molar-refractivity contribution is 0.0996. The van der Waals surface area contributed by atoms with E-state index in [0.717, 1.165) is 6.42 Å². The van der Waals surface area contributed by atoms with Gasteiger partial charge >= 0.3 is 0 Å². The zero-order chi connectivity index (χ0) is 12.1. The van der Waals surface area contributed by atoms with Crippen molar-refractivity contribution >= 4 is 11.7 Å². The van der Waals surface area contributed by atoms with Gasteiger partial charge in [-0.3, -0.25) is 9.59 Å². The molecule has 0 radical (unpaired) electrons. The first-order chi connectivity index (χ1) is 7.56. The molecule has 84 valence electrons. The zero-order valence-corrected chi connectivity index (χ0v) is 9.32. The highest BCUT2D eigenvalue weighted by Crippen LogP contribution is 2.12. The van der Waals surface area contributed by atoms with Gasteiger partial charge in [-0.25, -0.2) is 0 Å². The van der Waals surface area contributed by atoms with E-state index in [1.54, 1.807) is 24.3 Å². The van der Waals surface area contributed by atoms with Crippen LogP contribution in [0.4, 0.5) is 0 Å². The van der Waals surface area contributed by atoms with Crippen LogP contribution in [0.3, 0.4) is 0 Å². The number of benzene rings is 1. The molecule has 0 atom stereocenters. The van der Waals surface area contributed by atoms with Gasteiger partial charge in [-0.15, -0.1) is 0 Å². The predicted octanol–water partition coefficient (Wildman–Crippen LogP) is 2.32. The van der Waals surface area contributed by atoms with Gasteiger partial charge < -0.3 is 5.73 Å². The fraction of sp³-hybridized carbons (Fsp3) is 0.231. The van der Waals surface area contributed by atoms with Crippen molar-refractivity contribution in [2.45, 2.75) is 19.8 Å². The van der Waals surface area contributed by atoms with Crippen molar-refractivity contribution in [2.24, 2.45) is 5.73 Å². The lowest BCUT2D eigenvalue weighted by atomic mass is 10.0. The fourth-order valence-electron chi connectivity index (χ4n) is 1.41. The highest BCUT2D eigenvalue weighted by molar-refractivity contribution is 6.08. The highest BCUT2D eigenvalue weighted by Gasteiger charge is 2.09. The average molecular weight is 217 g/mol. The van der Waals surface area contributed by atoms with Crippen LogP contribution in [0.15, 0.2) is 36.4 Å². The second-order valence-corrected chi connectivity index (χ2v) is 3.62. The van der Waals surface area contributed by atoms with E-state index in [-0.39, 0.29) is 5.78 Å². The van der Waals surface area contributed by atoms with Gasteiger partial charge in [-0.1, -0.05) is 32.1 Å². The van der Waals surface area contributed by atoms with Crippen molar-refractivity contribution in [3.63, 3.8) is 0 Å². The number of primary amides is 1. The molecule has 3 nitrogen and oxygen atoms in total. The Bertz CT molecular complexity index is 418. The molecule has 3 heteroatoms. The van der Waals surface area contributed by atoms with Crippen molar-refractivity contribution in [2.75, 3.05) is 0 Å². The van der Waals surface area contributed by atoms with Crippen LogP contribution in [0, 0.1) is 0 Å². The standard InChI is InChI=1S/C13H15NO2/c1-3-4-9(2)12(15)10-5-7-11(8-6-10)13(14)16/h5-8H,2-4H2,1H3,(H2,14,16). The van der Waals surface area contributed by atoms with Crippen LogP contribution in [0.2, 0.25) is 0 Å². The number of ketones is 1. The molecule has 0 aliphatic heterocycles. The largest absolute Gasteiger partial charge is 0.366 e. The van der Waals surface area contributed by atoms with Gasteiger partial charge in [0.15, 0.2) is 5.78 Å². The molecule has 0 aliphatic carbocycles. The number of hydrogen-bond donors (Lipinski definition) is 1. The second-order valence-electron chi connectivity index (χ2n) is 3.62. The van der Waals surface area contributed by atoms with Crippen LogP contribution >= 0.6 is 0 Å². The molecule has 0 unspecified atom stereocenters. The summed E-state index contributed by atoms with van der Waals surface area (Å²) in [6.07, 6.45) is 1.58. The Balaban J connectivity index is 2.85. The third kappa shape index (κ3) is 2.79. The third-order valence-corrected chi connectivity index (χ3v) is 2.30. The molecule has 0 bridgehead atoms. The predicted molar refractivity (Wildman–Crippen MR) is 63.3 cm³/mol. The normalized spacial score (nSPS) is 9.81. The number of amides is 1. The van der Waals surface area contributed by atoms with Gasteiger partial charge in [-0.05, 0) is 24.1 Å². The van der Waals surface area contributed by atoms with Crippen LogP contribution in [0.5, 0.6) is 0 Å². The molecule has 1 aromatic rings. The van der Waals surface area contributed by atoms with Crippen LogP contribution in [-0.2, 0) is 0 Å². The van der Waals surface area contributed by atoms with E-state index in [2.05, 4.69) is 6.58 Å². The Morgan fingerprint density at radius 2 is 1.69 bits per heavy atom. The van der Waals surface area contributed by atoms with Gasteiger partial charge in [0.1, 0.15) is 0 Å². The number of rotatable bonds is 5. The summed E-state index contributed by atoms with van der Waals surface area (Å²) < 4.78 is 0. The van der Waals surface area contributed by atoms with Crippen molar-refractivity contribution in [1.82, 2.24) is 0 Å². The summed E-state index contributed by atoms with van der Waals surface area (Å²) in [5.74, 6) is -0.566. The molecule has 1 rings (SSSR count). The lowest BCUT2D eigenvalue weighted by Crippen LogP contribution is -2.11. The van der Waals surface area contributed by atoms with Crippen molar-refractivity contribution in [1.29, 1.82) is 0 Å². The van der Waals surface area contributed by atoms with E-state index in [9.17, 15) is 9.59 Å². The van der Waals surface area contributed by atoms with Crippen molar-refractivity contribution in [3.05, 3.63) is 47.5 Å². The highest BCUT2D eigenvalue weighted by atomic mass is 16.1. The van der Waals surface area contributed by atoms with E-state index in [1.165, 1.54) is 0 Å². The van der Waals surface area contributed by atoms with E-state index in [1.807, 2.05) is 6.92 Å². The molecule has 0 spiro atoms. The summed E-state index contributed by atoms with van der Waals surface area (Å²) in [5.41, 5.74) is 6.64. The van der Waals surface area contributed by atoms with E-state index >= 15 is 0 Å². The second kappa shape index (κ2) is 5.26. The Kier molecular flexibility index (Phi) is 4.00. The van der Waals surface area contributed by atoms with E-state index in [0.29, 0.717) is 23.1 Å². The molecule has 0 aromatic heterocycles. The lowest BCUT2D eigenvalue weighted by Gasteiger charge is -2.03. The van der Waals surface area contributed by atoms with Crippen LogP contribution in [0.1, 0.15) is 40.5 Å². The molecule has 0 saturated carbocycles. The number of Topliss-reactive ketones (excluding diaryl/α,β-unsaturated/α-hetero) is 1. The van der Waals surface area contributed by atoms with Crippen LogP contribution in [0.25, 0.3) is 0 Å². The van der Waals surface area contributed by atoms with Gasteiger partial charge in [-0.2, -0.15) is 0 Å².